The van der Waals surface area contributed by atoms with Crippen LogP contribution in [0.1, 0.15) is 20.3 Å². The van der Waals surface area contributed by atoms with Gasteiger partial charge in [-0.15, -0.1) is 0 Å². The van der Waals surface area contributed by atoms with Gasteiger partial charge < -0.3 is 20.3 Å². The number of amides is 1. The molecule has 7 nitrogen and oxygen atoms in total. The smallest absolute Gasteiger partial charge is 0.222 e. The largest absolute Gasteiger partial charge is 0.493 e. The van der Waals surface area contributed by atoms with Crippen molar-refractivity contribution in [1.82, 2.24) is 5.32 Å². The first kappa shape index (κ1) is 19.7. The number of ether oxygens (including phenoxy) is 1. The van der Waals surface area contributed by atoms with E-state index in [2.05, 4.69) is 5.32 Å². The van der Waals surface area contributed by atoms with Gasteiger partial charge in [-0.05, 0) is 30.7 Å². The van der Waals surface area contributed by atoms with E-state index in [4.69, 9.17) is 4.74 Å². The van der Waals surface area contributed by atoms with Gasteiger partial charge in [-0.25, -0.2) is 8.42 Å². The van der Waals surface area contributed by atoms with Crippen molar-refractivity contribution in [2.24, 2.45) is 11.8 Å². The standard InChI is InChI=1S/C17H25NO6S/c1-10(2)17(21)18-14-8-11(15(19)16(14)20)9-24-12-4-6-13(7-5-12)25(3,22)23/h4-7,10-11,14-16,19-20H,8-9H2,1-3H3,(H,18,21). The molecular formula is C17H25NO6S. The number of sulfone groups is 1. The Bertz CT molecular complexity index is 700. The molecule has 0 aromatic heterocycles. The zero-order valence-corrected chi connectivity index (χ0v) is 15.4. The van der Waals surface area contributed by atoms with Crippen molar-refractivity contribution in [2.45, 2.75) is 43.4 Å². The summed E-state index contributed by atoms with van der Waals surface area (Å²) in [6.45, 7) is 3.67. The number of hydrogen-bond acceptors (Lipinski definition) is 6. The van der Waals surface area contributed by atoms with Crippen LogP contribution in [0.15, 0.2) is 29.2 Å². The molecule has 1 aliphatic rings. The van der Waals surface area contributed by atoms with Gasteiger partial charge in [-0.1, -0.05) is 13.8 Å². The van der Waals surface area contributed by atoms with E-state index < -0.39 is 28.1 Å². The van der Waals surface area contributed by atoms with Crippen LogP contribution in [-0.4, -0.2) is 55.7 Å². The fourth-order valence-corrected chi connectivity index (χ4v) is 3.40. The molecule has 1 amide bonds. The van der Waals surface area contributed by atoms with Crippen LogP contribution in [0.25, 0.3) is 0 Å². The number of carbonyl (C=O) groups excluding carboxylic acids is 1. The van der Waals surface area contributed by atoms with Gasteiger partial charge in [0.15, 0.2) is 9.84 Å². The third-order valence-corrected chi connectivity index (χ3v) is 5.50. The van der Waals surface area contributed by atoms with E-state index >= 15 is 0 Å². The summed E-state index contributed by atoms with van der Waals surface area (Å²) in [6, 6.07) is 5.50. The zero-order chi connectivity index (χ0) is 18.8. The van der Waals surface area contributed by atoms with E-state index in [0.717, 1.165) is 6.26 Å². The summed E-state index contributed by atoms with van der Waals surface area (Å²) in [4.78, 5) is 12.0. The number of benzene rings is 1. The molecule has 0 radical (unpaired) electrons. The fourth-order valence-electron chi connectivity index (χ4n) is 2.77. The highest BCUT2D eigenvalue weighted by Crippen LogP contribution is 2.28. The average molecular weight is 371 g/mol. The maximum absolute atomic E-state index is 11.8. The Morgan fingerprint density at radius 2 is 1.84 bits per heavy atom. The molecule has 1 aromatic rings. The highest BCUT2D eigenvalue weighted by molar-refractivity contribution is 7.90. The highest BCUT2D eigenvalue weighted by atomic mass is 32.2. The van der Waals surface area contributed by atoms with E-state index in [0.29, 0.717) is 12.2 Å². The molecule has 0 bridgehead atoms. The molecule has 0 aliphatic heterocycles. The molecule has 2 rings (SSSR count). The number of nitrogens with one attached hydrogen (secondary N) is 1. The number of aliphatic hydroxyl groups is 2. The van der Waals surface area contributed by atoms with Gasteiger partial charge in [0, 0.05) is 18.1 Å². The molecule has 8 heteroatoms. The Balaban J connectivity index is 1.93. The molecule has 140 valence electrons. The van der Waals surface area contributed by atoms with Crippen molar-refractivity contribution >= 4 is 15.7 Å². The minimum absolute atomic E-state index is 0.157. The molecule has 1 aliphatic carbocycles. The van der Waals surface area contributed by atoms with Gasteiger partial charge >= 0.3 is 0 Å². The molecule has 0 spiro atoms. The lowest BCUT2D eigenvalue weighted by atomic mass is 10.1. The predicted octanol–water partition coefficient (Wildman–Crippen LogP) is 0.351. The van der Waals surface area contributed by atoms with Crippen LogP contribution in [-0.2, 0) is 14.6 Å². The normalized spacial score (nSPS) is 26.6. The number of hydrogen-bond donors (Lipinski definition) is 3. The molecule has 25 heavy (non-hydrogen) atoms. The maximum atomic E-state index is 11.8. The third kappa shape index (κ3) is 4.93. The van der Waals surface area contributed by atoms with Gasteiger partial charge in [0.1, 0.15) is 11.9 Å². The maximum Gasteiger partial charge on any atom is 0.222 e. The summed E-state index contributed by atoms with van der Waals surface area (Å²) < 4.78 is 28.5. The van der Waals surface area contributed by atoms with Gasteiger partial charge in [-0.3, -0.25) is 4.79 Å². The van der Waals surface area contributed by atoms with E-state index in [1.165, 1.54) is 12.1 Å². The first-order chi connectivity index (χ1) is 11.6. The van der Waals surface area contributed by atoms with Crippen molar-refractivity contribution in [1.29, 1.82) is 0 Å². The predicted molar refractivity (Wildman–Crippen MR) is 91.9 cm³/mol. The minimum atomic E-state index is -3.26. The molecule has 1 fully saturated rings. The minimum Gasteiger partial charge on any atom is -0.493 e. The summed E-state index contributed by atoms with van der Waals surface area (Å²) in [6.07, 6.45) is -0.496. The molecule has 0 heterocycles. The average Bonchev–Trinajstić information content (AvgIpc) is 2.80. The lowest BCUT2D eigenvalue weighted by Crippen LogP contribution is -2.44. The van der Waals surface area contributed by atoms with Crippen molar-refractivity contribution in [2.75, 3.05) is 12.9 Å². The van der Waals surface area contributed by atoms with E-state index in [1.54, 1.807) is 26.0 Å². The Morgan fingerprint density at radius 3 is 2.36 bits per heavy atom. The summed E-state index contributed by atoms with van der Waals surface area (Å²) in [7, 11) is -3.26. The van der Waals surface area contributed by atoms with Gasteiger partial charge in [0.05, 0.1) is 23.6 Å². The van der Waals surface area contributed by atoms with Crippen molar-refractivity contribution in [3.05, 3.63) is 24.3 Å². The molecule has 1 aromatic carbocycles. The van der Waals surface area contributed by atoms with Crippen LogP contribution in [0.5, 0.6) is 5.75 Å². The van der Waals surface area contributed by atoms with Crippen LogP contribution < -0.4 is 10.1 Å². The fraction of sp³-hybridized carbons (Fsp3) is 0.588. The van der Waals surface area contributed by atoms with Crippen molar-refractivity contribution in [3.8, 4) is 5.75 Å². The lowest BCUT2D eigenvalue weighted by molar-refractivity contribution is -0.125. The van der Waals surface area contributed by atoms with E-state index in [1.807, 2.05) is 0 Å². The molecule has 1 saturated carbocycles. The van der Waals surface area contributed by atoms with Crippen molar-refractivity contribution in [3.63, 3.8) is 0 Å². The van der Waals surface area contributed by atoms with Gasteiger partial charge in [-0.2, -0.15) is 0 Å². The van der Waals surface area contributed by atoms with Crippen LogP contribution in [0.3, 0.4) is 0 Å². The molecular weight excluding hydrogens is 346 g/mol. The Hall–Kier alpha value is -1.64. The van der Waals surface area contributed by atoms with E-state index in [-0.39, 0.29) is 29.2 Å². The van der Waals surface area contributed by atoms with Crippen LogP contribution in [0, 0.1) is 11.8 Å². The topological polar surface area (TPSA) is 113 Å². The van der Waals surface area contributed by atoms with Crippen LogP contribution >= 0.6 is 0 Å². The Labute approximate surface area is 147 Å². The van der Waals surface area contributed by atoms with Gasteiger partial charge in [0.2, 0.25) is 5.91 Å². The lowest BCUT2D eigenvalue weighted by Gasteiger charge is -2.19. The first-order valence-electron chi connectivity index (χ1n) is 8.19. The second-order valence-corrected chi connectivity index (χ2v) is 8.82. The number of rotatable bonds is 6. The third-order valence-electron chi connectivity index (χ3n) is 4.37. The second-order valence-electron chi connectivity index (χ2n) is 6.80. The Kier molecular flexibility index (Phi) is 6.08. The summed E-state index contributed by atoms with van der Waals surface area (Å²) in [5.74, 6) is -0.229. The highest BCUT2D eigenvalue weighted by Gasteiger charge is 2.42. The second kappa shape index (κ2) is 7.72. The first-order valence-corrected chi connectivity index (χ1v) is 10.1. The number of aliphatic hydroxyl groups excluding tert-OH is 2. The molecule has 3 N–H and O–H groups in total. The molecule has 4 unspecified atom stereocenters. The van der Waals surface area contributed by atoms with Gasteiger partial charge in [0.25, 0.3) is 0 Å². The van der Waals surface area contributed by atoms with Crippen LogP contribution in [0.4, 0.5) is 0 Å². The summed E-state index contributed by atoms with van der Waals surface area (Å²) in [5, 5.41) is 23.0. The quantitative estimate of drug-likeness (QED) is 0.665. The van der Waals surface area contributed by atoms with Crippen LogP contribution in [0.2, 0.25) is 0 Å². The monoisotopic (exact) mass is 371 g/mol. The summed E-state index contributed by atoms with van der Waals surface area (Å²) in [5.41, 5.74) is 0. The Morgan fingerprint density at radius 1 is 1.24 bits per heavy atom. The zero-order valence-electron chi connectivity index (χ0n) is 14.5. The molecule has 0 saturated heterocycles. The van der Waals surface area contributed by atoms with Crippen molar-refractivity contribution < 1.29 is 28.2 Å². The molecule has 4 atom stereocenters. The SMILES string of the molecule is CC(C)C(=O)NC1CC(COc2ccc(S(C)(=O)=O)cc2)C(O)C1O. The summed E-state index contributed by atoms with van der Waals surface area (Å²) >= 11 is 0. The number of carbonyl (C=O) groups is 1. The van der Waals surface area contributed by atoms with E-state index in [9.17, 15) is 23.4 Å².